The first-order valence-corrected chi connectivity index (χ1v) is 18.3. The summed E-state index contributed by atoms with van der Waals surface area (Å²) in [4.78, 5) is 14.2. The van der Waals surface area contributed by atoms with E-state index in [0.717, 1.165) is 56.9 Å². The molecule has 4 fully saturated rings. The van der Waals surface area contributed by atoms with Crippen molar-refractivity contribution in [3.05, 3.63) is 34.9 Å². The number of hydrogen-bond donors (Lipinski definition) is 4. The molecule has 11 heteroatoms. The SMILES string of the molecule is CC1(C)CC([C@H](c2ccc(Cl)cc2)[C@H](NCCO)C(=O)N[C@H]2CCC[C@@H]2CC[C@H]2CN[C@@H]3CCCS(=O)(=O)N2C3)CCO1. The fourth-order valence-corrected chi connectivity index (χ4v) is 10.0. The van der Waals surface area contributed by atoms with Gasteiger partial charge in [0.15, 0.2) is 0 Å². The number of aliphatic hydroxyl groups is 1. The van der Waals surface area contributed by atoms with Crippen LogP contribution < -0.4 is 16.0 Å². The van der Waals surface area contributed by atoms with Gasteiger partial charge >= 0.3 is 0 Å². The Morgan fingerprint density at radius 1 is 1.16 bits per heavy atom. The molecule has 1 aliphatic carbocycles. The molecule has 5 rings (SSSR count). The van der Waals surface area contributed by atoms with Crippen molar-refractivity contribution < 1.29 is 23.1 Å². The van der Waals surface area contributed by atoms with Gasteiger partial charge in [-0.3, -0.25) is 4.79 Å². The first-order chi connectivity index (χ1) is 20.6. The third kappa shape index (κ3) is 8.31. The highest BCUT2D eigenvalue weighted by Crippen LogP contribution is 2.41. The maximum Gasteiger partial charge on any atom is 0.238 e. The second-order valence-corrected chi connectivity index (χ2v) is 16.2. The molecule has 1 saturated carbocycles. The van der Waals surface area contributed by atoms with Crippen molar-refractivity contribution in [1.29, 1.82) is 0 Å². The van der Waals surface area contributed by atoms with Crippen molar-refractivity contribution in [2.75, 3.05) is 38.6 Å². The van der Waals surface area contributed by atoms with Gasteiger partial charge in [-0.05, 0) is 94.7 Å². The van der Waals surface area contributed by atoms with Gasteiger partial charge in [0.25, 0.3) is 0 Å². The monoisotopic (exact) mass is 638 g/mol. The summed E-state index contributed by atoms with van der Waals surface area (Å²) in [5.74, 6) is 0.619. The molecule has 8 atom stereocenters. The molecule has 1 aromatic carbocycles. The summed E-state index contributed by atoms with van der Waals surface area (Å²) in [6, 6.07) is 7.57. The number of carbonyl (C=O) groups is 1. The maximum atomic E-state index is 14.2. The molecule has 242 valence electrons. The summed E-state index contributed by atoms with van der Waals surface area (Å²) in [7, 11) is -3.22. The zero-order chi connectivity index (χ0) is 30.6. The third-order valence-corrected chi connectivity index (χ3v) is 12.5. The van der Waals surface area contributed by atoms with Crippen LogP contribution >= 0.6 is 11.6 Å². The van der Waals surface area contributed by atoms with E-state index in [1.54, 1.807) is 4.31 Å². The highest BCUT2D eigenvalue weighted by molar-refractivity contribution is 7.89. The number of fused-ring (bicyclic) bond motifs is 2. The summed E-state index contributed by atoms with van der Waals surface area (Å²) in [6.45, 7) is 6.40. The standard InChI is InChI=1S/C32H51ClN4O5S/c1-32(2)19-24(14-17-42-32)29(23-8-11-25(33)12-9-23)30(34-15-16-38)31(39)36-28-7-3-5-22(28)10-13-27-20-35-26-6-4-18-43(40,41)37(27)21-26/h8-9,11-12,22,24,26-30,34-35,38H,3-7,10,13-21H2,1-2H3,(H,36,39)/t22-,24?,26-,27+,28+,29+,30+/m1/s1. The molecule has 1 amide bonds. The molecule has 1 aromatic rings. The van der Waals surface area contributed by atoms with E-state index in [1.165, 1.54) is 0 Å². The number of nitrogens with one attached hydrogen (secondary N) is 3. The van der Waals surface area contributed by atoms with E-state index < -0.39 is 16.1 Å². The van der Waals surface area contributed by atoms with Crippen LogP contribution in [0.1, 0.15) is 83.1 Å². The van der Waals surface area contributed by atoms with Crippen LogP contribution in [0.5, 0.6) is 0 Å². The lowest BCUT2D eigenvalue weighted by Crippen LogP contribution is -2.57. The van der Waals surface area contributed by atoms with Crippen LogP contribution in [-0.2, 0) is 19.6 Å². The number of amides is 1. The topological polar surface area (TPSA) is 120 Å². The molecule has 4 N–H and O–H groups in total. The molecule has 2 bridgehead atoms. The minimum Gasteiger partial charge on any atom is -0.395 e. The molecule has 0 aromatic heterocycles. The first kappa shape index (κ1) is 33.1. The molecule has 3 aliphatic heterocycles. The van der Waals surface area contributed by atoms with E-state index >= 15 is 0 Å². The van der Waals surface area contributed by atoms with E-state index in [2.05, 4.69) is 29.8 Å². The summed E-state index contributed by atoms with van der Waals surface area (Å²) in [5, 5.41) is 20.8. The van der Waals surface area contributed by atoms with E-state index in [-0.39, 0.29) is 53.8 Å². The number of halogens is 1. The minimum atomic E-state index is -3.22. The largest absolute Gasteiger partial charge is 0.395 e. The molecular formula is C32H51ClN4O5S. The van der Waals surface area contributed by atoms with Crippen molar-refractivity contribution in [1.82, 2.24) is 20.3 Å². The Balaban J connectivity index is 1.30. The number of nitrogens with zero attached hydrogens (tertiary/aromatic N) is 1. The van der Waals surface area contributed by atoms with Crippen LogP contribution in [0.4, 0.5) is 0 Å². The van der Waals surface area contributed by atoms with Crippen LogP contribution in [0.3, 0.4) is 0 Å². The Bertz CT molecular complexity index is 1180. The minimum absolute atomic E-state index is 0.0265. The zero-order valence-corrected chi connectivity index (χ0v) is 27.3. The Kier molecular flexibility index (Phi) is 11.1. The number of piperazine rings is 1. The normalized spacial score (nSPS) is 33.3. The van der Waals surface area contributed by atoms with Gasteiger partial charge < -0.3 is 25.8 Å². The second-order valence-electron chi connectivity index (χ2n) is 13.8. The van der Waals surface area contributed by atoms with E-state index in [0.29, 0.717) is 43.6 Å². The van der Waals surface area contributed by atoms with Gasteiger partial charge in [-0.2, -0.15) is 4.31 Å². The smallest absolute Gasteiger partial charge is 0.238 e. The Morgan fingerprint density at radius 3 is 2.70 bits per heavy atom. The summed E-state index contributed by atoms with van der Waals surface area (Å²) in [6.07, 6.45) is 7.99. The van der Waals surface area contributed by atoms with Crippen LogP contribution in [0.2, 0.25) is 5.02 Å². The van der Waals surface area contributed by atoms with Crippen molar-refractivity contribution in [3.8, 4) is 0 Å². The molecule has 3 heterocycles. The van der Waals surface area contributed by atoms with Crippen molar-refractivity contribution in [3.63, 3.8) is 0 Å². The van der Waals surface area contributed by atoms with Gasteiger partial charge in [0.2, 0.25) is 15.9 Å². The third-order valence-electron chi connectivity index (χ3n) is 10.2. The number of sulfonamides is 1. The Hall–Kier alpha value is -1.27. The van der Waals surface area contributed by atoms with Gasteiger partial charge in [0, 0.05) is 55.3 Å². The number of hydrogen-bond acceptors (Lipinski definition) is 7. The predicted octanol–water partition coefficient (Wildman–Crippen LogP) is 3.41. The second kappa shape index (κ2) is 14.4. The molecule has 3 saturated heterocycles. The van der Waals surface area contributed by atoms with E-state index in [1.807, 2.05) is 24.3 Å². The molecular weight excluding hydrogens is 588 g/mol. The fraction of sp³-hybridized carbons (Fsp3) is 0.781. The van der Waals surface area contributed by atoms with Crippen molar-refractivity contribution >= 4 is 27.5 Å². The highest BCUT2D eigenvalue weighted by atomic mass is 35.5. The number of ether oxygens (including phenoxy) is 1. The van der Waals surface area contributed by atoms with Crippen LogP contribution in [0.15, 0.2) is 24.3 Å². The first-order valence-electron chi connectivity index (χ1n) is 16.3. The number of rotatable bonds is 11. The van der Waals surface area contributed by atoms with Gasteiger partial charge in [0.05, 0.1) is 24.0 Å². The summed E-state index contributed by atoms with van der Waals surface area (Å²) in [5.41, 5.74) is 0.777. The average molecular weight is 639 g/mol. The van der Waals surface area contributed by atoms with Crippen molar-refractivity contribution in [2.45, 2.75) is 107 Å². The van der Waals surface area contributed by atoms with E-state index in [4.69, 9.17) is 16.3 Å². The molecule has 9 nitrogen and oxygen atoms in total. The van der Waals surface area contributed by atoms with Gasteiger partial charge in [-0.25, -0.2) is 8.42 Å². The highest BCUT2D eigenvalue weighted by Gasteiger charge is 2.42. The molecule has 0 radical (unpaired) electrons. The lowest BCUT2D eigenvalue weighted by molar-refractivity contribution is -0.126. The summed E-state index contributed by atoms with van der Waals surface area (Å²) < 4.78 is 33.7. The lowest BCUT2D eigenvalue weighted by atomic mass is 9.73. The van der Waals surface area contributed by atoms with Gasteiger partial charge in [0.1, 0.15) is 0 Å². The average Bonchev–Trinajstić information content (AvgIpc) is 3.36. The van der Waals surface area contributed by atoms with Crippen molar-refractivity contribution in [2.24, 2.45) is 11.8 Å². The molecule has 4 aliphatic rings. The van der Waals surface area contributed by atoms with Crippen LogP contribution in [0.25, 0.3) is 0 Å². The van der Waals surface area contributed by atoms with E-state index in [9.17, 15) is 18.3 Å². The fourth-order valence-electron chi connectivity index (χ4n) is 8.11. The Morgan fingerprint density at radius 2 is 1.95 bits per heavy atom. The van der Waals surface area contributed by atoms with Crippen LogP contribution in [-0.4, -0.2) is 92.1 Å². The number of benzene rings is 1. The lowest BCUT2D eigenvalue weighted by Gasteiger charge is -2.42. The maximum absolute atomic E-state index is 14.2. The molecule has 2 unspecified atom stereocenters. The molecule has 43 heavy (non-hydrogen) atoms. The summed E-state index contributed by atoms with van der Waals surface area (Å²) >= 11 is 6.25. The van der Waals surface area contributed by atoms with Gasteiger partial charge in [-0.15, -0.1) is 0 Å². The quantitative estimate of drug-likeness (QED) is 0.293. The number of aliphatic hydroxyl groups excluding tert-OH is 1. The van der Waals surface area contributed by atoms with Gasteiger partial charge in [-0.1, -0.05) is 30.2 Å². The number of carbonyl (C=O) groups excluding carboxylic acids is 1. The molecule has 0 spiro atoms. The van der Waals surface area contributed by atoms with Crippen LogP contribution in [0, 0.1) is 11.8 Å². The Labute approximate surface area is 262 Å². The zero-order valence-electron chi connectivity index (χ0n) is 25.8. The predicted molar refractivity (Wildman–Crippen MR) is 170 cm³/mol.